The van der Waals surface area contributed by atoms with Crippen molar-refractivity contribution in [2.45, 2.75) is 6.92 Å². The van der Waals surface area contributed by atoms with Gasteiger partial charge in [-0.15, -0.1) is 11.3 Å². The van der Waals surface area contributed by atoms with Crippen molar-refractivity contribution in [2.75, 3.05) is 42.2 Å². The molecule has 0 aliphatic rings. The van der Waals surface area contributed by atoms with Crippen LogP contribution >= 0.6 is 11.3 Å². The molecule has 29 heavy (non-hydrogen) atoms. The fourth-order valence-corrected chi connectivity index (χ4v) is 4.03. The van der Waals surface area contributed by atoms with E-state index >= 15 is 0 Å². The van der Waals surface area contributed by atoms with Crippen molar-refractivity contribution < 1.29 is 28.5 Å². The van der Waals surface area contributed by atoms with Crippen LogP contribution in [0.3, 0.4) is 0 Å². The highest BCUT2D eigenvalue weighted by molar-refractivity contribution is 7.14. The van der Waals surface area contributed by atoms with Gasteiger partial charge in [0.1, 0.15) is 29.2 Å². The average molecular weight is 420 g/mol. The predicted octanol–water partition coefficient (Wildman–Crippen LogP) is 3.77. The molecule has 0 fully saturated rings. The summed E-state index contributed by atoms with van der Waals surface area (Å²) in [6.45, 7) is 2.38. The number of imidazole rings is 1. The molecule has 2 aromatic heterocycles. The van der Waals surface area contributed by atoms with E-state index in [1.807, 2.05) is 24.4 Å². The third kappa shape index (κ3) is 3.65. The summed E-state index contributed by atoms with van der Waals surface area (Å²) in [5.74, 6) is 2.85. The van der Waals surface area contributed by atoms with Gasteiger partial charge >= 0.3 is 0 Å². The zero-order chi connectivity index (χ0) is 21.0. The van der Waals surface area contributed by atoms with E-state index in [1.54, 1.807) is 46.6 Å². The molecule has 0 N–H and O–H groups in total. The molecule has 0 aliphatic carbocycles. The van der Waals surface area contributed by atoms with Gasteiger partial charge in [0.25, 0.3) is 0 Å². The monoisotopic (exact) mass is 420 g/mol. The van der Waals surface area contributed by atoms with Crippen molar-refractivity contribution in [3.63, 3.8) is 0 Å². The van der Waals surface area contributed by atoms with Gasteiger partial charge < -0.3 is 28.5 Å². The number of benzene rings is 1. The Kier molecular flexibility index (Phi) is 6.38. The first-order valence-electron chi connectivity index (χ1n) is 8.84. The second-order valence-corrected chi connectivity index (χ2v) is 6.65. The Bertz CT molecular complexity index is 957. The summed E-state index contributed by atoms with van der Waals surface area (Å²) < 4.78 is 29.1. The minimum Gasteiger partial charge on any atom is -0.493 e. The fraction of sp³-hybridized carbons (Fsp3) is 0.350. The predicted molar refractivity (Wildman–Crippen MR) is 111 cm³/mol. The van der Waals surface area contributed by atoms with Gasteiger partial charge in [-0.05, 0) is 19.1 Å². The number of rotatable bonds is 9. The first-order chi connectivity index (χ1) is 14.1. The highest BCUT2D eigenvalue weighted by Gasteiger charge is 2.25. The van der Waals surface area contributed by atoms with Crippen molar-refractivity contribution in [3.05, 3.63) is 23.8 Å². The van der Waals surface area contributed by atoms with Crippen molar-refractivity contribution >= 4 is 11.3 Å². The van der Waals surface area contributed by atoms with Crippen LogP contribution in [-0.2, 0) is 0 Å². The number of hydrogen-bond acceptors (Lipinski definition) is 8. The molecule has 0 spiro atoms. The normalized spacial score (nSPS) is 10.6. The summed E-state index contributed by atoms with van der Waals surface area (Å²) in [5, 5.41) is 1.88. The third-order valence-electron chi connectivity index (χ3n) is 4.30. The average Bonchev–Trinajstić information content (AvgIpc) is 3.35. The Labute approximate surface area is 173 Å². The molecular weight excluding hydrogens is 396 g/mol. The first-order valence-corrected chi connectivity index (χ1v) is 9.72. The number of aromatic nitrogens is 2. The molecule has 156 valence electrons. The summed E-state index contributed by atoms with van der Waals surface area (Å²) in [5.41, 5.74) is 2.21. The number of hydrogen-bond donors (Lipinski definition) is 0. The molecule has 0 atom stereocenters. The molecule has 0 aliphatic heterocycles. The van der Waals surface area contributed by atoms with Crippen LogP contribution in [0, 0.1) is 0 Å². The molecule has 0 amide bonds. The summed E-state index contributed by atoms with van der Waals surface area (Å²) in [6.07, 6.45) is 1.63. The van der Waals surface area contributed by atoms with Gasteiger partial charge in [0, 0.05) is 10.9 Å². The lowest BCUT2D eigenvalue weighted by Gasteiger charge is -2.16. The van der Waals surface area contributed by atoms with Crippen LogP contribution in [0.5, 0.6) is 28.7 Å². The minimum atomic E-state index is 0.470. The largest absolute Gasteiger partial charge is 0.493 e. The van der Waals surface area contributed by atoms with Crippen LogP contribution in [0.15, 0.2) is 23.8 Å². The SMILES string of the molecule is CCOn1cnc(-c2scc(OC)c2OC)c1-c1cc(OC)c(OC)c(OC)c1. The second kappa shape index (κ2) is 8.95. The zero-order valence-electron chi connectivity index (χ0n) is 17.3. The first kappa shape index (κ1) is 20.7. The van der Waals surface area contributed by atoms with Gasteiger partial charge in [-0.2, -0.15) is 4.73 Å². The summed E-state index contributed by atoms with van der Waals surface area (Å²) in [6, 6.07) is 3.71. The second-order valence-electron chi connectivity index (χ2n) is 5.77. The highest BCUT2D eigenvalue weighted by atomic mass is 32.1. The zero-order valence-corrected chi connectivity index (χ0v) is 18.1. The molecule has 3 rings (SSSR count). The van der Waals surface area contributed by atoms with Crippen molar-refractivity contribution in [3.8, 4) is 50.6 Å². The summed E-state index contributed by atoms with van der Waals surface area (Å²) in [4.78, 5) is 11.2. The van der Waals surface area contributed by atoms with Gasteiger partial charge in [0.2, 0.25) is 5.75 Å². The maximum atomic E-state index is 5.78. The van der Waals surface area contributed by atoms with Gasteiger partial charge in [-0.3, -0.25) is 0 Å². The molecule has 1 aromatic carbocycles. The van der Waals surface area contributed by atoms with E-state index in [4.69, 9.17) is 28.5 Å². The van der Waals surface area contributed by atoms with Crippen LogP contribution in [-0.4, -0.2) is 51.9 Å². The van der Waals surface area contributed by atoms with E-state index in [0.29, 0.717) is 41.0 Å². The lowest BCUT2D eigenvalue weighted by molar-refractivity contribution is 0.125. The Hall–Kier alpha value is -3.07. The van der Waals surface area contributed by atoms with E-state index in [0.717, 1.165) is 16.1 Å². The number of nitrogens with zero attached hydrogens (tertiary/aromatic N) is 2. The molecule has 0 saturated heterocycles. The van der Waals surface area contributed by atoms with Gasteiger partial charge in [0.15, 0.2) is 23.0 Å². The summed E-state index contributed by atoms with van der Waals surface area (Å²) in [7, 11) is 7.93. The van der Waals surface area contributed by atoms with E-state index in [1.165, 1.54) is 11.3 Å². The highest BCUT2D eigenvalue weighted by Crippen LogP contribution is 2.48. The molecule has 9 heteroatoms. The van der Waals surface area contributed by atoms with Crippen molar-refractivity contribution in [1.29, 1.82) is 0 Å². The van der Waals surface area contributed by atoms with Crippen LogP contribution < -0.4 is 28.5 Å². The van der Waals surface area contributed by atoms with Crippen LogP contribution in [0.1, 0.15) is 6.92 Å². The molecule has 0 bridgehead atoms. The van der Waals surface area contributed by atoms with E-state index < -0.39 is 0 Å². The van der Waals surface area contributed by atoms with Crippen molar-refractivity contribution in [2.24, 2.45) is 0 Å². The molecule has 8 nitrogen and oxygen atoms in total. The molecule has 2 heterocycles. The smallest absolute Gasteiger partial charge is 0.203 e. The standard InChI is InChI=1S/C20H24N2O6S/c1-7-28-22-11-21-16(20-19(27-6)15(25-4)10-29-20)17(22)12-8-13(23-2)18(26-5)14(9-12)24-3/h8-11H,7H2,1-6H3. The minimum absolute atomic E-state index is 0.470. The van der Waals surface area contributed by atoms with Gasteiger partial charge in [0.05, 0.1) is 35.5 Å². The van der Waals surface area contributed by atoms with Gasteiger partial charge in [-0.1, -0.05) is 0 Å². The molecule has 3 aromatic rings. The third-order valence-corrected chi connectivity index (χ3v) is 5.24. The van der Waals surface area contributed by atoms with E-state index in [2.05, 4.69) is 4.98 Å². The Balaban J connectivity index is 2.27. The van der Waals surface area contributed by atoms with Crippen LogP contribution in [0.2, 0.25) is 0 Å². The Morgan fingerprint density at radius 1 is 0.862 bits per heavy atom. The van der Waals surface area contributed by atoms with Crippen LogP contribution in [0.4, 0.5) is 0 Å². The van der Waals surface area contributed by atoms with Crippen LogP contribution in [0.25, 0.3) is 21.8 Å². The molecule has 0 unspecified atom stereocenters. The topological polar surface area (TPSA) is 73.2 Å². The lowest BCUT2D eigenvalue weighted by atomic mass is 10.1. The van der Waals surface area contributed by atoms with E-state index in [9.17, 15) is 0 Å². The maximum Gasteiger partial charge on any atom is 0.203 e. The number of thiophene rings is 1. The number of methoxy groups -OCH3 is 5. The quantitative estimate of drug-likeness (QED) is 0.522. The fourth-order valence-electron chi connectivity index (χ4n) is 3.05. The van der Waals surface area contributed by atoms with Crippen molar-refractivity contribution in [1.82, 2.24) is 9.71 Å². The molecule has 0 radical (unpaired) electrons. The molecular formula is C20H24N2O6S. The Morgan fingerprint density at radius 2 is 1.48 bits per heavy atom. The molecule has 0 saturated carbocycles. The Morgan fingerprint density at radius 3 is 2.00 bits per heavy atom. The lowest BCUT2D eigenvalue weighted by Crippen LogP contribution is -2.11. The van der Waals surface area contributed by atoms with Gasteiger partial charge in [-0.25, -0.2) is 4.98 Å². The number of ether oxygens (including phenoxy) is 5. The van der Waals surface area contributed by atoms with E-state index in [-0.39, 0.29) is 0 Å². The summed E-state index contributed by atoms with van der Waals surface area (Å²) >= 11 is 1.48. The maximum absolute atomic E-state index is 5.78.